The Morgan fingerprint density at radius 2 is 2.11 bits per heavy atom. The van der Waals surface area contributed by atoms with E-state index in [9.17, 15) is 18.0 Å². The van der Waals surface area contributed by atoms with Crippen LogP contribution in [-0.4, -0.2) is 25.6 Å². The van der Waals surface area contributed by atoms with E-state index in [4.69, 9.17) is 5.11 Å². The van der Waals surface area contributed by atoms with E-state index >= 15 is 0 Å². The van der Waals surface area contributed by atoms with Gasteiger partial charge in [0.25, 0.3) is 16.1 Å². The molecule has 1 rings (SSSR count). The second-order valence-electron chi connectivity index (χ2n) is 3.51. The summed E-state index contributed by atoms with van der Waals surface area (Å²) < 4.78 is 26.2. The number of hydrogen-bond donors (Lipinski definition) is 1. The minimum atomic E-state index is -4.32. The van der Waals surface area contributed by atoms with Gasteiger partial charge in [-0.05, 0) is 18.1 Å². The lowest BCUT2D eigenvalue weighted by Crippen LogP contribution is -2.10. The largest absolute Gasteiger partial charge is 0.478 e. The third-order valence-electron chi connectivity index (χ3n) is 2.26. The SMILES string of the molecule is CCCc1cccc(C(=O)O)c1S(=O)(=O)N=C=O. The number of carbonyl (C=O) groups excluding carboxylic acids is 1. The Morgan fingerprint density at radius 1 is 1.44 bits per heavy atom. The maximum atomic E-state index is 11.8. The van der Waals surface area contributed by atoms with E-state index in [1.165, 1.54) is 12.1 Å². The van der Waals surface area contributed by atoms with Gasteiger partial charge in [-0.2, -0.15) is 8.42 Å². The Kier molecular flexibility index (Phi) is 4.36. The number of aromatic carboxylic acids is 1. The van der Waals surface area contributed by atoms with Gasteiger partial charge in [0.1, 0.15) is 4.90 Å². The summed E-state index contributed by atoms with van der Waals surface area (Å²) in [5, 5.41) is 8.99. The van der Waals surface area contributed by atoms with Gasteiger partial charge in [0.05, 0.1) is 5.56 Å². The molecule has 7 heteroatoms. The monoisotopic (exact) mass is 269 g/mol. The third kappa shape index (κ3) is 2.82. The number of isocyanates is 1. The number of benzene rings is 1. The summed E-state index contributed by atoms with van der Waals surface area (Å²) in [5.41, 5.74) is -0.0589. The smallest absolute Gasteiger partial charge is 0.337 e. The molecule has 0 aliphatic rings. The van der Waals surface area contributed by atoms with Gasteiger partial charge >= 0.3 is 5.97 Å². The van der Waals surface area contributed by atoms with E-state index in [0.717, 1.165) is 12.1 Å². The van der Waals surface area contributed by atoms with Crippen molar-refractivity contribution in [3.8, 4) is 0 Å². The minimum absolute atomic E-state index is 0.330. The quantitative estimate of drug-likeness (QED) is 0.642. The number of nitrogens with zero attached hydrogens (tertiary/aromatic N) is 1. The first-order valence-corrected chi connectivity index (χ1v) is 6.57. The molecule has 0 amide bonds. The van der Waals surface area contributed by atoms with Crippen molar-refractivity contribution in [2.75, 3.05) is 0 Å². The van der Waals surface area contributed by atoms with E-state index in [1.54, 1.807) is 0 Å². The average Bonchev–Trinajstić information content (AvgIpc) is 2.28. The van der Waals surface area contributed by atoms with E-state index in [2.05, 4.69) is 4.40 Å². The first kappa shape index (κ1) is 14.1. The number of hydrogen-bond acceptors (Lipinski definition) is 4. The van der Waals surface area contributed by atoms with E-state index in [-0.39, 0.29) is 5.56 Å². The molecule has 0 aliphatic heterocycles. The molecule has 0 saturated heterocycles. The Morgan fingerprint density at radius 3 is 2.61 bits per heavy atom. The fourth-order valence-corrected chi connectivity index (χ4v) is 2.74. The molecule has 0 heterocycles. The standard InChI is InChI=1S/C11H11NO5S/c1-2-4-8-5-3-6-9(11(14)15)10(8)18(16,17)12-7-13/h3,5-6H,2,4H2,1H3,(H,14,15). The fraction of sp³-hybridized carbons (Fsp3) is 0.273. The fourth-order valence-electron chi connectivity index (χ4n) is 1.62. The van der Waals surface area contributed by atoms with Crippen LogP contribution in [-0.2, 0) is 21.2 Å². The van der Waals surface area contributed by atoms with E-state index in [0.29, 0.717) is 18.4 Å². The number of aryl methyl sites for hydroxylation is 1. The lowest BCUT2D eigenvalue weighted by atomic mass is 10.1. The molecule has 0 saturated carbocycles. The maximum Gasteiger partial charge on any atom is 0.337 e. The second-order valence-corrected chi connectivity index (χ2v) is 5.05. The number of sulfonamides is 1. The first-order chi connectivity index (χ1) is 8.44. The van der Waals surface area contributed by atoms with Gasteiger partial charge in [-0.15, -0.1) is 0 Å². The van der Waals surface area contributed by atoms with Crippen LogP contribution in [0.2, 0.25) is 0 Å². The van der Waals surface area contributed by atoms with Crippen molar-refractivity contribution in [3.63, 3.8) is 0 Å². The zero-order valence-electron chi connectivity index (χ0n) is 9.58. The molecule has 0 spiro atoms. The van der Waals surface area contributed by atoms with Gasteiger partial charge in [0, 0.05) is 0 Å². The Balaban J connectivity index is 3.65. The van der Waals surface area contributed by atoms with Crippen LogP contribution in [0.5, 0.6) is 0 Å². The van der Waals surface area contributed by atoms with E-state index in [1.807, 2.05) is 6.92 Å². The van der Waals surface area contributed by atoms with Crippen LogP contribution in [0.15, 0.2) is 27.5 Å². The number of rotatable bonds is 5. The molecule has 0 atom stereocenters. The zero-order valence-corrected chi connectivity index (χ0v) is 10.4. The van der Waals surface area contributed by atoms with Crippen LogP contribution in [0.3, 0.4) is 0 Å². The highest BCUT2D eigenvalue weighted by Gasteiger charge is 2.25. The van der Waals surface area contributed by atoms with Crippen molar-refractivity contribution in [2.45, 2.75) is 24.7 Å². The molecule has 0 radical (unpaired) electrons. The summed E-state index contributed by atoms with van der Waals surface area (Å²) in [5.74, 6) is -1.38. The number of carboxylic acid groups (broad SMARTS) is 1. The van der Waals surface area contributed by atoms with Crippen molar-refractivity contribution in [1.82, 2.24) is 0 Å². The van der Waals surface area contributed by atoms with Gasteiger partial charge < -0.3 is 5.11 Å². The van der Waals surface area contributed by atoms with Gasteiger partial charge in [0.2, 0.25) is 0 Å². The Labute approximate surface area is 104 Å². The summed E-state index contributed by atoms with van der Waals surface area (Å²) in [6, 6.07) is 4.12. The van der Waals surface area contributed by atoms with Crippen LogP contribution in [0.4, 0.5) is 0 Å². The molecule has 0 aromatic heterocycles. The molecule has 0 unspecified atom stereocenters. The molecule has 1 aromatic rings. The minimum Gasteiger partial charge on any atom is -0.478 e. The summed E-state index contributed by atoms with van der Waals surface area (Å²) in [7, 11) is -4.32. The van der Waals surface area contributed by atoms with Crippen LogP contribution in [0, 0.1) is 0 Å². The third-order valence-corrected chi connectivity index (χ3v) is 3.57. The highest BCUT2D eigenvalue weighted by atomic mass is 32.2. The highest BCUT2D eigenvalue weighted by Crippen LogP contribution is 2.24. The molecule has 1 N–H and O–H groups in total. The molecule has 1 aromatic carbocycles. The molecular weight excluding hydrogens is 258 g/mol. The first-order valence-electron chi connectivity index (χ1n) is 5.13. The highest BCUT2D eigenvalue weighted by molar-refractivity contribution is 7.90. The van der Waals surface area contributed by atoms with Crippen LogP contribution in [0.1, 0.15) is 29.3 Å². The van der Waals surface area contributed by atoms with E-state index < -0.39 is 20.9 Å². The number of carboxylic acids is 1. The topological polar surface area (TPSA) is 101 Å². The molecule has 0 fully saturated rings. The molecule has 6 nitrogen and oxygen atoms in total. The van der Waals surface area contributed by atoms with Crippen LogP contribution in [0.25, 0.3) is 0 Å². The lowest BCUT2D eigenvalue weighted by molar-refractivity contribution is 0.0692. The van der Waals surface area contributed by atoms with Gasteiger partial charge in [-0.25, -0.2) is 9.59 Å². The summed E-state index contributed by atoms with van der Waals surface area (Å²) in [6.07, 6.45) is 1.95. The number of carbonyl (C=O) groups is 1. The summed E-state index contributed by atoms with van der Waals surface area (Å²) in [6.45, 7) is 1.83. The normalized spacial score (nSPS) is 10.7. The van der Waals surface area contributed by atoms with Gasteiger partial charge in [-0.1, -0.05) is 29.9 Å². The summed E-state index contributed by atoms with van der Waals surface area (Å²) in [4.78, 5) is 20.7. The predicted octanol–water partition coefficient (Wildman–Crippen LogP) is 1.36. The second kappa shape index (κ2) is 5.57. The van der Waals surface area contributed by atoms with Gasteiger partial charge in [0.15, 0.2) is 0 Å². The van der Waals surface area contributed by atoms with Crippen LogP contribution >= 0.6 is 0 Å². The van der Waals surface area contributed by atoms with Crippen molar-refractivity contribution in [1.29, 1.82) is 0 Å². The molecule has 96 valence electrons. The molecule has 18 heavy (non-hydrogen) atoms. The Hall–Kier alpha value is -1.98. The molecule has 0 bridgehead atoms. The van der Waals surface area contributed by atoms with Crippen molar-refractivity contribution in [2.24, 2.45) is 4.40 Å². The van der Waals surface area contributed by atoms with Crippen molar-refractivity contribution < 1.29 is 23.1 Å². The Bertz CT molecular complexity index is 614. The van der Waals surface area contributed by atoms with Crippen molar-refractivity contribution in [3.05, 3.63) is 29.3 Å². The maximum absolute atomic E-state index is 11.8. The molecule has 0 aliphatic carbocycles. The van der Waals surface area contributed by atoms with Crippen molar-refractivity contribution >= 4 is 22.1 Å². The summed E-state index contributed by atoms with van der Waals surface area (Å²) >= 11 is 0. The average molecular weight is 269 g/mol. The van der Waals surface area contributed by atoms with Crippen LogP contribution < -0.4 is 0 Å². The zero-order chi connectivity index (χ0) is 13.8. The van der Waals surface area contributed by atoms with Gasteiger partial charge in [-0.3, -0.25) is 0 Å². The molecular formula is C11H11NO5S. The lowest BCUT2D eigenvalue weighted by Gasteiger charge is -2.09. The predicted molar refractivity (Wildman–Crippen MR) is 62.7 cm³/mol.